The van der Waals surface area contributed by atoms with E-state index in [1.54, 1.807) is 0 Å². The molecule has 1 heterocycles. The zero-order valence-corrected chi connectivity index (χ0v) is 14.8. The fourth-order valence-corrected chi connectivity index (χ4v) is 3.53. The summed E-state index contributed by atoms with van der Waals surface area (Å²) in [7, 11) is 3.44. The molecule has 3 rings (SSSR count). The topological polar surface area (TPSA) is 44.1 Å². The molecule has 0 fully saturated rings. The lowest BCUT2D eigenvalue weighted by Crippen LogP contribution is -2.04. The first kappa shape index (κ1) is 16.5. The number of nitrogens with zero attached hydrogens (tertiary/aromatic N) is 2. The maximum Gasteiger partial charge on any atom is 0.309 e. The highest BCUT2D eigenvalue weighted by Crippen LogP contribution is 2.33. The molecule has 0 N–H and O–H groups in total. The number of carbonyl (C=O) groups is 1. The zero-order chi connectivity index (χ0) is 17.3. The molecule has 0 saturated heterocycles. The van der Waals surface area contributed by atoms with Crippen LogP contribution in [-0.2, 0) is 35.8 Å². The molecule has 126 valence electrons. The van der Waals surface area contributed by atoms with Crippen molar-refractivity contribution in [1.82, 2.24) is 9.78 Å². The van der Waals surface area contributed by atoms with Gasteiger partial charge < -0.3 is 4.74 Å². The standard InChI is InChI=1S/C20H24N2O2/c1-13-11-17(22(3)21-13)8-5-15-6-10-19-16(12-20(23)24-4)7-9-18(19)14(15)2/h6-7,10-11H,5,8-9,12H2,1-4H3. The normalized spacial score (nSPS) is 12.9. The second-order valence-corrected chi connectivity index (χ2v) is 6.46. The van der Waals surface area contributed by atoms with Crippen LogP contribution in [0.4, 0.5) is 0 Å². The average molecular weight is 324 g/mol. The van der Waals surface area contributed by atoms with E-state index in [1.165, 1.54) is 35.1 Å². The second-order valence-electron chi connectivity index (χ2n) is 6.46. The molecule has 0 amide bonds. The Morgan fingerprint density at radius 2 is 2.08 bits per heavy atom. The minimum atomic E-state index is -0.178. The van der Waals surface area contributed by atoms with Gasteiger partial charge in [-0.05, 0) is 67.0 Å². The maximum atomic E-state index is 11.6. The number of aromatic nitrogens is 2. The lowest BCUT2D eigenvalue weighted by Gasteiger charge is -2.13. The van der Waals surface area contributed by atoms with E-state index in [1.807, 2.05) is 18.7 Å². The summed E-state index contributed by atoms with van der Waals surface area (Å²) in [5, 5.41) is 4.41. The summed E-state index contributed by atoms with van der Waals surface area (Å²) in [6, 6.07) is 6.51. The number of hydrogen-bond acceptors (Lipinski definition) is 3. The number of esters is 1. The van der Waals surface area contributed by atoms with E-state index in [2.05, 4.69) is 36.3 Å². The Morgan fingerprint density at radius 1 is 1.29 bits per heavy atom. The molecule has 0 atom stereocenters. The van der Waals surface area contributed by atoms with Crippen LogP contribution in [-0.4, -0.2) is 22.9 Å². The van der Waals surface area contributed by atoms with E-state index in [-0.39, 0.29) is 5.97 Å². The van der Waals surface area contributed by atoms with Crippen LogP contribution in [0.5, 0.6) is 0 Å². The van der Waals surface area contributed by atoms with E-state index < -0.39 is 0 Å². The Labute approximate surface area is 143 Å². The van der Waals surface area contributed by atoms with Crippen molar-refractivity contribution in [3.63, 3.8) is 0 Å². The van der Waals surface area contributed by atoms with Crippen LogP contribution < -0.4 is 0 Å². The molecule has 1 aromatic carbocycles. The SMILES string of the molecule is COC(=O)CC1=CCc2c1ccc(CCc1cc(C)nn1C)c2C. The summed E-state index contributed by atoms with van der Waals surface area (Å²) in [6.07, 6.45) is 5.41. The van der Waals surface area contributed by atoms with Crippen LogP contribution in [0.2, 0.25) is 0 Å². The predicted molar refractivity (Wildman–Crippen MR) is 94.8 cm³/mol. The number of ether oxygens (including phenoxy) is 1. The summed E-state index contributed by atoms with van der Waals surface area (Å²) in [5.74, 6) is -0.178. The monoisotopic (exact) mass is 324 g/mol. The Bertz CT molecular complexity index is 815. The summed E-state index contributed by atoms with van der Waals surface area (Å²) in [6.45, 7) is 4.22. The maximum absolute atomic E-state index is 11.6. The first-order valence-corrected chi connectivity index (χ1v) is 8.36. The van der Waals surface area contributed by atoms with E-state index in [4.69, 9.17) is 4.74 Å². The van der Waals surface area contributed by atoms with Crippen molar-refractivity contribution >= 4 is 11.5 Å². The number of benzene rings is 1. The van der Waals surface area contributed by atoms with E-state index >= 15 is 0 Å². The molecule has 0 unspecified atom stereocenters. The van der Waals surface area contributed by atoms with E-state index in [0.717, 1.165) is 30.5 Å². The first-order chi connectivity index (χ1) is 11.5. The van der Waals surface area contributed by atoms with Crippen LogP contribution in [0.1, 0.15) is 40.1 Å². The number of fused-ring (bicyclic) bond motifs is 1. The highest BCUT2D eigenvalue weighted by Gasteiger charge is 2.20. The van der Waals surface area contributed by atoms with Gasteiger partial charge in [-0.3, -0.25) is 9.48 Å². The molecule has 1 aliphatic carbocycles. The second kappa shape index (κ2) is 6.63. The molecule has 24 heavy (non-hydrogen) atoms. The largest absolute Gasteiger partial charge is 0.469 e. The number of aryl methyl sites for hydroxylation is 4. The Morgan fingerprint density at radius 3 is 2.75 bits per heavy atom. The smallest absolute Gasteiger partial charge is 0.309 e. The first-order valence-electron chi connectivity index (χ1n) is 8.36. The quantitative estimate of drug-likeness (QED) is 0.793. The van der Waals surface area contributed by atoms with Crippen LogP contribution in [0.3, 0.4) is 0 Å². The molecule has 4 heteroatoms. The van der Waals surface area contributed by atoms with Crippen LogP contribution >= 0.6 is 0 Å². The number of hydrogen-bond donors (Lipinski definition) is 0. The van der Waals surface area contributed by atoms with Gasteiger partial charge in [0.05, 0.1) is 19.2 Å². The molecule has 0 radical (unpaired) electrons. The summed E-state index contributed by atoms with van der Waals surface area (Å²) < 4.78 is 6.76. The lowest BCUT2D eigenvalue weighted by atomic mass is 9.93. The van der Waals surface area contributed by atoms with Crippen LogP contribution in [0.25, 0.3) is 5.57 Å². The van der Waals surface area contributed by atoms with Gasteiger partial charge in [-0.2, -0.15) is 5.10 Å². The molecule has 2 aromatic rings. The fraction of sp³-hybridized carbons (Fsp3) is 0.400. The van der Waals surface area contributed by atoms with Crippen LogP contribution in [0.15, 0.2) is 24.3 Å². The predicted octanol–water partition coefficient (Wildman–Crippen LogP) is 3.32. The molecule has 0 aliphatic heterocycles. The van der Waals surface area contributed by atoms with Gasteiger partial charge in [-0.1, -0.05) is 18.2 Å². The summed E-state index contributed by atoms with van der Waals surface area (Å²) >= 11 is 0. The fourth-order valence-electron chi connectivity index (χ4n) is 3.53. The third-order valence-corrected chi connectivity index (χ3v) is 4.92. The van der Waals surface area contributed by atoms with E-state index in [9.17, 15) is 4.79 Å². The van der Waals surface area contributed by atoms with Gasteiger partial charge in [0.25, 0.3) is 0 Å². The molecule has 0 spiro atoms. The molecular weight excluding hydrogens is 300 g/mol. The van der Waals surface area contributed by atoms with Gasteiger partial charge in [-0.15, -0.1) is 0 Å². The molecular formula is C20H24N2O2. The minimum Gasteiger partial charge on any atom is -0.469 e. The van der Waals surface area contributed by atoms with Crippen molar-refractivity contribution in [3.05, 3.63) is 57.9 Å². The lowest BCUT2D eigenvalue weighted by molar-refractivity contribution is -0.139. The zero-order valence-electron chi connectivity index (χ0n) is 14.8. The van der Waals surface area contributed by atoms with Crippen molar-refractivity contribution in [2.24, 2.45) is 7.05 Å². The molecule has 4 nitrogen and oxygen atoms in total. The Hall–Kier alpha value is -2.36. The number of carbonyl (C=O) groups excluding carboxylic acids is 1. The number of rotatable bonds is 5. The summed E-state index contributed by atoms with van der Waals surface area (Å²) in [5.41, 5.74) is 8.70. The van der Waals surface area contributed by atoms with Gasteiger partial charge in [0, 0.05) is 12.7 Å². The van der Waals surface area contributed by atoms with Gasteiger partial charge in [-0.25, -0.2) is 0 Å². The third kappa shape index (κ3) is 3.14. The number of methoxy groups -OCH3 is 1. The van der Waals surface area contributed by atoms with Crippen molar-refractivity contribution < 1.29 is 9.53 Å². The van der Waals surface area contributed by atoms with Crippen molar-refractivity contribution in [2.45, 2.75) is 39.5 Å². The highest BCUT2D eigenvalue weighted by atomic mass is 16.5. The highest BCUT2D eigenvalue weighted by molar-refractivity contribution is 5.88. The van der Waals surface area contributed by atoms with Crippen molar-refractivity contribution in [1.29, 1.82) is 0 Å². The van der Waals surface area contributed by atoms with Crippen molar-refractivity contribution in [2.75, 3.05) is 7.11 Å². The minimum absolute atomic E-state index is 0.178. The summed E-state index contributed by atoms with van der Waals surface area (Å²) in [4.78, 5) is 11.6. The third-order valence-electron chi connectivity index (χ3n) is 4.92. The molecule has 1 aromatic heterocycles. The molecule has 0 saturated carbocycles. The van der Waals surface area contributed by atoms with Gasteiger partial charge in [0.1, 0.15) is 0 Å². The Kier molecular flexibility index (Phi) is 4.56. The average Bonchev–Trinajstić information content (AvgIpc) is 3.10. The van der Waals surface area contributed by atoms with Gasteiger partial charge in [0.15, 0.2) is 0 Å². The van der Waals surface area contributed by atoms with Gasteiger partial charge >= 0.3 is 5.97 Å². The Balaban J connectivity index is 1.76. The van der Waals surface area contributed by atoms with Gasteiger partial charge in [0.2, 0.25) is 0 Å². The number of allylic oxidation sites excluding steroid dienone is 1. The van der Waals surface area contributed by atoms with Crippen molar-refractivity contribution in [3.8, 4) is 0 Å². The van der Waals surface area contributed by atoms with E-state index in [0.29, 0.717) is 6.42 Å². The molecule has 0 bridgehead atoms. The van der Waals surface area contributed by atoms with Crippen LogP contribution in [0, 0.1) is 13.8 Å². The molecule has 1 aliphatic rings.